The van der Waals surface area contributed by atoms with E-state index in [-0.39, 0.29) is 6.10 Å². The quantitative estimate of drug-likeness (QED) is 0.876. The Hall–Kier alpha value is -1.29. The molecule has 1 heterocycles. The number of fused-ring (bicyclic) bond motifs is 1. The summed E-state index contributed by atoms with van der Waals surface area (Å²) < 4.78 is 6.94. The topological polar surface area (TPSA) is 34.1 Å². The number of thiazole rings is 1. The van der Waals surface area contributed by atoms with Crippen LogP contribution >= 0.6 is 11.3 Å². The molecule has 1 aliphatic carbocycles. The Morgan fingerprint density at radius 1 is 1.25 bits per heavy atom. The number of ether oxygens (including phenoxy) is 1. The van der Waals surface area contributed by atoms with Crippen LogP contribution in [-0.2, 0) is 0 Å². The molecule has 1 saturated carbocycles. The van der Waals surface area contributed by atoms with E-state index >= 15 is 0 Å². The number of hydrogen-bond donors (Lipinski definition) is 1. The number of benzene rings is 1. The summed E-state index contributed by atoms with van der Waals surface area (Å²) in [5.41, 5.74) is 1.06. The first-order valence-electron chi connectivity index (χ1n) is 7.54. The van der Waals surface area contributed by atoms with Gasteiger partial charge in [-0.05, 0) is 44.9 Å². The lowest BCUT2D eigenvalue weighted by atomic mass is 9.96. The molecule has 1 aromatic heterocycles. The fraction of sp³-hybridized carbons (Fsp3) is 0.562. The van der Waals surface area contributed by atoms with Crippen molar-refractivity contribution in [3.8, 4) is 5.75 Å². The first-order chi connectivity index (χ1) is 9.70. The van der Waals surface area contributed by atoms with Gasteiger partial charge in [0.2, 0.25) is 0 Å². The molecule has 3 rings (SSSR count). The van der Waals surface area contributed by atoms with Crippen molar-refractivity contribution in [3.05, 3.63) is 18.2 Å². The van der Waals surface area contributed by atoms with Gasteiger partial charge >= 0.3 is 0 Å². The van der Waals surface area contributed by atoms with Gasteiger partial charge in [-0.1, -0.05) is 30.6 Å². The molecule has 4 heteroatoms. The second-order valence-corrected chi connectivity index (χ2v) is 6.83. The van der Waals surface area contributed by atoms with Crippen molar-refractivity contribution >= 4 is 26.7 Å². The zero-order valence-corrected chi connectivity index (χ0v) is 13.0. The molecule has 1 aliphatic rings. The number of hydrogen-bond acceptors (Lipinski definition) is 4. The Labute approximate surface area is 124 Å². The average Bonchev–Trinajstić information content (AvgIpc) is 2.80. The largest absolute Gasteiger partial charge is 0.491 e. The van der Waals surface area contributed by atoms with E-state index in [1.54, 1.807) is 11.3 Å². The molecule has 108 valence electrons. The van der Waals surface area contributed by atoms with Gasteiger partial charge in [0.05, 0.1) is 16.3 Å². The van der Waals surface area contributed by atoms with Crippen LogP contribution in [0, 0.1) is 0 Å². The predicted molar refractivity (Wildman–Crippen MR) is 85.9 cm³/mol. The number of aromatic nitrogens is 1. The SMILES string of the molecule is CC(C)Oc1ccc2nc(NC3CCCCC3)sc2c1. The Bertz CT molecular complexity index is 573. The lowest BCUT2D eigenvalue weighted by Gasteiger charge is -2.22. The van der Waals surface area contributed by atoms with Crippen LogP contribution in [0.3, 0.4) is 0 Å². The zero-order chi connectivity index (χ0) is 13.9. The van der Waals surface area contributed by atoms with Crippen molar-refractivity contribution in [3.63, 3.8) is 0 Å². The van der Waals surface area contributed by atoms with Crippen molar-refractivity contribution in [2.75, 3.05) is 5.32 Å². The number of nitrogens with zero attached hydrogens (tertiary/aromatic N) is 1. The number of rotatable bonds is 4. The van der Waals surface area contributed by atoms with E-state index in [0.717, 1.165) is 16.4 Å². The standard InChI is InChI=1S/C16H22N2OS/c1-11(2)19-13-8-9-14-15(10-13)20-16(18-14)17-12-6-4-3-5-7-12/h8-12H,3-7H2,1-2H3,(H,17,18). The second kappa shape index (κ2) is 6.00. The molecule has 0 atom stereocenters. The highest BCUT2D eigenvalue weighted by atomic mass is 32.1. The van der Waals surface area contributed by atoms with Crippen LogP contribution in [0.2, 0.25) is 0 Å². The van der Waals surface area contributed by atoms with Gasteiger partial charge in [0.15, 0.2) is 5.13 Å². The maximum Gasteiger partial charge on any atom is 0.184 e. The van der Waals surface area contributed by atoms with Crippen LogP contribution < -0.4 is 10.1 Å². The Morgan fingerprint density at radius 3 is 2.80 bits per heavy atom. The highest BCUT2D eigenvalue weighted by molar-refractivity contribution is 7.22. The minimum atomic E-state index is 0.209. The van der Waals surface area contributed by atoms with Gasteiger partial charge < -0.3 is 10.1 Å². The van der Waals surface area contributed by atoms with Gasteiger partial charge in [-0.25, -0.2) is 4.98 Å². The Morgan fingerprint density at radius 2 is 2.05 bits per heavy atom. The van der Waals surface area contributed by atoms with E-state index in [2.05, 4.69) is 22.4 Å². The maximum absolute atomic E-state index is 5.74. The molecule has 1 N–H and O–H groups in total. The summed E-state index contributed by atoms with van der Waals surface area (Å²) in [6, 6.07) is 6.76. The van der Waals surface area contributed by atoms with Crippen molar-refractivity contribution < 1.29 is 4.74 Å². The zero-order valence-electron chi connectivity index (χ0n) is 12.2. The summed E-state index contributed by atoms with van der Waals surface area (Å²) in [5, 5.41) is 4.65. The highest BCUT2D eigenvalue weighted by Crippen LogP contribution is 2.31. The second-order valence-electron chi connectivity index (χ2n) is 5.79. The van der Waals surface area contributed by atoms with Gasteiger partial charge in [0.1, 0.15) is 5.75 Å². The first kappa shape index (κ1) is 13.7. The smallest absolute Gasteiger partial charge is 0.184 e. The lowest BCUT2D eigenvalue weighted by molar-refractivity contribution is 0.243. The summed E-state index contributed by atoms with van der Waals surface area (Å²) in [7, 11) is 0. The fourth-order valence-electron chi connectivity index (χ4n) is 2.73. The summed E-state index contributed by atoms with van der Waals surface area (Å²) in [4.78, 5) is 4.68. The normalized spacial score (nSPS) is 16.8. The van der Waals surface area contributed by atoms with Gasteiger partial charge in [-0.3, -0.25) is 0 Å². The number of anilines is 1. The monoisotopic (exact) mass is 290 g/mol. The summed E-state index contributed by atoms with van der Waals surface area (Å²) in [6.45, 7) is 4.10. The number of nitrogens with one attached hydrogen (secondary N) is 1. The Kier molecular flexibility index (Phi) is 4.10. The Balaban J connectivity index is 1.75. The molecule has 0 aliphatic heterocycles. The van der Waals surface area contributed by atoms with Crippen LogP contribution in [0.25, 0.3) is 10.2 Å². The van der Waals surface area contributed by atoms with Gasteiger partial charge in [0, 0.05) is 6.04 Å². The molecule has 2 aromatic rings. The first-order valence-corrected chi connectivity index (χ1v) is 8.36. The predicted octanol–water partition coefficient (Wildman–Crippen LogP) is 4.83. The maximum atomic E-state index is 5.74. The molecule has 3 nitrogen and oxygen atoms in total. The summed E-state index contributed by atoms with van der Waals surface area (Å²) >= 11 is 1.73. The minimum absolute atomic E-state index is 0.209. The van der Waals surface area contributed by atoms with Gasteiger partial charge in [-0.2, -0.15) is 0 Å². The fourth-order valence-corrected chi connectivity index (χ4v) is 3.70. The molecule has 0 spiro atoms. The third kappa shape index (κ3) is 3.23. The van der Waals surface area contributed by atoms with Crippen molar-refractivity contribution in [2.24, 2.45) is 0 Å². The molecule has 1 aromatic carbocycles. The van der Waals surface area contributed by atoms with E-state index in [0.29, 0.717) is 6.04 Å². The van der Waals surface area contributed by atoms with E-state index in [1.165, 1.54) is 36.8 Å². The highest BCUT2D eigenvalue weighted by Gasteiger charge is 2.15. The summed E-state index contributed by atoms with van der Waals surface area (Å²) in [5.74, 6) is 0.931. The van der Waals surface area contributed by atoms with Crippen molar-refractivity contribution in [1.29, 1.82) is 0 Å². The molecule has 0 saturated heterocycles. The van der Waals surface area contributed by atoms with E-state index in [4.69, 9.17) is 4.74 Å². The van der Waals surface area contributed by atoms with Crippen LogP contribution in [-0.4, -0.2) is 17.1 Å². The average molecular weight is 290 g/mol. The van der Waals surface area contributed by atoms with E-state index in [1.807, 2.05) is 19.9 Å². The van der Waals surface area contributed by atoms with Crippen LogP contribution in [0.15, 0.2) is 18.2 Å². The van der Waals surface area contributed by atoms with Crippen LogP contribution in [0.1, 0.15) is 46.0 Å². The van der Waals surface area contributed by atoms with E-state index in [9.17, 15) is 0 Å². The molecule has 0 bridgehead atoms. The molecular weight excluding hydrogens is 268 g/mol. The molecule has 20 heavy (non-hydrogen) atoms. The third-order valence-electron chi connectivity index (χ3n) is 3.66. The molecular formula is C16H22N2OS. The molecule has 1 fully saturated rings. The molecule has 0 unspecified atom stereocenters. The van der Waals surface area contributed by atoms with E-state index < -0.39 is 0 Å². The van der Waals surface area contributed by atoms with Crippen molar-refractivity contribution in [2.45, 2.75) is 58.1 Å². The van der Waals surface area contributed by atoms with Crippen molar-refractivity contribution in [1.82, 2.24) is 4.98 Å². The minimum Gasteiger partial charge on any atom is -0.491 e. The lowest BCUT2D eigenvalue weighted by Crippen LogP contribution is -2.21. The molecule has 0 radical (unpaired) electrons. The van der Waals surface area contributed by atoms with Gasteiger partial charge in [-0.15, -0.1) is 0 Å². The third-order valence-corrected chi connectivity index (χ3v) is 4.61. The summed E-state index contributed by atoms with van der Waals surface area (Å²) in [6.07, 6.45) is 6.83. The van der Waals surface area contributed by atoms with Gasteiger partial charge in [0.25, 0.3) is 0 Å². The molecule has 0 amide bonds. The van der Waals surface area contributed by atoms with Crippen LogP contribution in [0.5, 0.6) is 5.75 Å². The van der Waals surface area contributed by atoms with Crippen LogP contribution in [0.4, 0.5) is 5.13 Å².